The maximum Gasteiger partial charge on any atom is 0.227 e. The van der Waals surface area contributed by atoms with Gasteiger partial charge < -0.3 is 9.80 Å². The monoisotopic (exact) mass is 264 g/mol. The van der Waals surface area contributed by atoms with E-state index < -0.39 is 0 Å². The van der Waals surface area contributed by atoms with Crippen molar-refractivity contribution >= 4 is 23.0 Å². The van der Waals surface area contributed by atoms with Gasteiger partial charge in [0.2, 0.25) is 5.91 Å². The highest BCUT2D eigenvalue weighted by Gasteiger charge is 2.39. The van der Waals surface area contributed by atoms with Gasteiger partial charge >= 0.3 is 0 Å². The first kappa shape index (κ1) is 11.5. The molecule has 0 N–H and O–H groups in total. The Bertz CT molecular complexity index is 653. The number of anilines is 3. The molecule has 20 heavy (non-hydrogen) atoms. The Morgan fingerprint density at radius 3 is 2.40 bits per heavy atom. The number of benzene rings is 2. The predicted molar refractivity (Wildman–Crippen MR) is 80.4 cm³/mol. The van der Waals surface area contributed by atoms with E-state index in [-0.39, 0.29) is 5.91 Å². The van der Waals surface area contributed by atoms with Crippen LogP contribution in [-0.2, 0) is 4.79 Å². The van der Waals surface area contributed by atoms with Gasteiger partial charge in [-0.15, -0.1) is 0 Å². The van der Waals surface area contributed by atoms with Gasteiger partial charge in [-0.2, -0.15) is 0 Å². The average Bonchev–Trinajstić information content (AvgIpc) is 2.89. The maximum atomic E-state index is 12.1. The van der Waals surface area contributed by atoms with Crippen LogP contribution < -0.4 is 9.80 Å². The second kappa shape index (κ2) is 4.37. The zero-order valence-electron chi connectivity index (χ0n) is 11.2. The van der Waals surface area contributed by atoms with Crippen molar-refractivity contribution < 1.29 is 4.79 Å². The number of rotatable bonds is 1. The van der Waals surface area contributed by atoms with E-state index >= 15 is 0 Å². The molecule has 0 radical (unpaired) electrons. The summed E-state index contributed by atoms with van der Waals surface area (Å²) in [5.41, 5.74) is 3.37. The van der Waals surface area contributed by atoms with E-state index in [4.69, 9.17) is 0 Å². The molecule has 2 aliphatic rings. The molecule has 4 rings (SSSR count). The molecule has 1 saturated heterocycles. The minimum absolute atomic E-state index is 0.259. The van der Waals surface area contributed by atoms with E-state index in [1.54, 1.807) is 0 Å². The van der Waals surface area contributed by atoms with Crippen LogP contribution >= 0.6 is 0 Å². The van der Waals surface area contributed by atoms with Crippen molar-refractivity contribution in [1.82, 2.24) is 0 Å². The highest BCUT2D eigenvalue weighted by atomic mass is 16.2. The predicted octanol–water partition coefficient (Wildman–Crippen LogP) is 3.33. The van der Waals surface area contributed by atoms with Crippen molar-refractivity contribution in [2.75, 3.05) is 16.3 Å². The molecule has 3 nitrogen and oxygen atoms in total. The summed E-state index contributed by atoms with van der Waals surface area (Å²) < 4.78 is 0. The van der Waals surface area contributed by atoms with E-state index in [1.165, 1.54) is 5.69 Å². The lowest BCUT2D eigenvalue weighted by Gasteiger charge is -2.40. The first-order valence-electron chi connectivity index (χ1n) is 7.08. The Morgan fingerprint density at radius 2 is 1.60 bits per heavy atom. The number of hydrogen-bond donors (Lipinski definition) is 0. The molecule has 2 aliphatic heterocycles. The number of carbonyl (C=O) groups excluding carboxylic acids is 1. The number of carbonyl (C=O) groups is 1. The molecule has 0 spiro atoms. The number of nitrogens with zero attached hydrogens (tertiary/aromatic N) is 2. The maximum absolute atomic E-state index is 12.1. The molecule has 2 aromatic carbocycles. The first-order valence-corrected chi connectivity index (χ1v) is 7.08. The highest BCUT2D eigenvalue weighted by Crippen LogP contribution is 2.42. The molecule has 1 atom stereocenters. The van der Waals surface area contributed by atoms with E-state index in [0.717, 1.165) is 24.3 Å². The fourth-order valence-corrected chi connectivity index (χ4v) is 3.30. The van der Waals surface area contributed by atoms with Crippen LogP contribution in [0.2, 0.25) is 0 Å². The molecule has 1 amide bonds. The molecule has 2 aromatic rings. The summed E-state index contributed by atoms with van der Waals surface area (Å²) in [4.78, 5) is 16.4. The molecule has 0 aromatic heterocycles. The van der Waals surface area contributed by atoms with Gasteiger partial charge in [-0.25, -0.2) is 0 Å². The molecular weight excluding hydrogens is 248 g/mol. The van der Waals surface area contributed by atoms with Gasteiger partial charge in [-0.1, -0.05) is 30.3 Å². The average molecular weight is 264 g/mol. The molecule has 3 heteroatoms. The topological polar surface area (TPSA) is 23.6 Å². The van der Waals surface area contributed by atoms with Gasteiger partial charge in [0.25, 0.3) is 0 Å². The quantitative estimate of drug-likeness (QED) is 0.788. The molecule has 2 heterocycles. The van der Waals surface area contributed by atoms with Crippen LogP contribution in [0.1, 0.15) is 12.8 Å². The lowest BCUT2D eigenvalue weighted by Crippen LogP contribution is -2.45. The summed E-state index contributed by atoms with van der Waals surface area (Å²) in [5.74, 6) is 0.259. The summed E-state index contributed by atoms with van der Waals surface area (Å²) >= 11 is 0. The van der Waals surface area contributed by atoms with Crippen LogP contribution in [0, 0.1) is 0 Å². The second-order valence-electron chi connectivity index (χ2n) is 5.39. The molecule has 100 valence electrons. The summed E-state index contributed by atoms with van der Waals surface area (Å²) in [6, 6.07) is 18.9. The number of amides is 1. The van der Waals surface area contributed by atoms with Crippen molar-refractivity contribution in [3.63, 3.8) is 0 Å². The van der Waals surface area contributed by atoms with E-state index in [9.17, 15) is 4.79 Å². The molecule has 1 unspecified atom stereocenters. The summed E-state index contributed by atoms with van der Waals surface area (Å²) in [6.45, 7) is 0.882. The van der Waals surface area contributed by atoms with Gasteiger partial charge in [-0.05, 0) is 30.7 Å². The van der Waals surface area contributed by atoms with Crippen LogP contribution in [-0.4, -0.2) is 18.5 Å². The van der Waals surface area contributed by atoms with Crippen LogP contribution in [0.5, 0.6) is 0 Å². The minimum atomic E-state index is 0.259. The van der Waals surface area contributed by atoms with E-state index in [0.29, 0.717) is 12.5 Å². The van der Waals surface area contributed by atoms with Crippen molar-refractivity contribution in [2.45, 2.75) is 18.9 Å². The second-order valence-corrected chi connectivity index (χ2v) is 5.39. The zero-order valence-corrected chi connectivity index (χ0v) is 11.2. The van der Waals surface area contributed by atoms with Gasteiger partial charge in [0.1, 0.15) is 0 Å². The zero-order chi connectivity index (χ0) is 13.5. The third kappa shape index (κ3) is 1.63. The standard InChI is InChI=1S/C17H16N2O/c20-17-11-10-14-12-18(13-6-2-1-3-7-13)15-8-4-5-9-16(15)19(14)17/h1-9,14H,10-12H2. The third-order valence-corrected chi connectivity index (χ3v) is 4.22. The van der Waals surface area contributed by atoms with Gasteiger partial charge in [0, 0.05) is 18.7 Å². The summed E-state index contributed by atoms with van der Waals surface area (Å²) in [7, 11) is 0. The van der Waals surface area contributed by atoms with Crippen molar-refractivity contribution in [3.05, 3.63) is 54.6 Å². The van der Waals surface area contributed by atoms with Crippen LogP contribution in [0.15, 0.2) is 54.6 Å². The summed E-state index contributed by atoms with van der Waals surface area (Å²) in [5, 5.41) is 0. The number of fused-ring (bicyclic) bond motifs is 3. The number of para-hydroxylation sites is 3. The SMILES string of the molecule is O=C1CCC2CN(c3ccccc3)c3ccccc3N12. The normalized spacial score (nSPS) is 20.8. The van der Waals surface area contributed by atoms with Crippen molar-refractivity contribution in [1.29, 1.82) is 0 Å². The Labute approximate surface area is 118 Å². The lowest BCUT2D eigenvalue weighted by atomic mass is 10.1. The van der Waals surface area contributed by atoms with Crippen LogP contribution in [0.4, 0.5) is 17.1 Å². The van der Waals surface area contributed by atoms with Gasteiger partial charge in [0.05, 0.1) is 17.4 Å². The van der Waals surface area contributed by atoms with Crippen molar-refractivity contribution in [2.24, 2.45) is 0 Å². The van der Waals surface area contributed by atoms with E-state index in [2.05, 4.69) is 41.3 Å². The first-order chi connectivity index (χ1) is 9.84. The molecule has 0 bridgehead atoms. The lowest BCUT2D eigenvalue weighted by molar-refractivity contribution is -0.117. The fourth-order valence-electron chi connectivity index (χ4n) is 3.30. The van der Waals surface area contributed by atoms with Crippen molar-refractivity contribution in [3.8, 4) is 0 Å². The minimum Gasteiger partial charge on any atom is -0.338 e. The van der Waals surface area contributed by atoms with Gasteiger partial charge in [0.15, 0.2) is 0 Å². The van der Waals surface area contributed by atoms with Crippen LogP contribution in [0.3, 0.4) is 0 Å². The highest BCUT2D eigenvalue weighted by molar-refractivity contribution is 6.01. The third-order valence-electron chi connectivity index (χ3n) is 4.22. The van der Waals surface area contributed by atoms with Gasteiger partial charge in [-0.3, -0.25) is 4.79 Å². The number of hydrogen-bond acceptors (Lipinski definition) is 2. The Balaban J connectivity index is 1.85. The molecule has 0 aliphatic carbocycles. The Kier molecular flexibility index (Phi) is 2.52. The van der Waals surface area contributed by atoms with Crippen LogP contribution in [0.25, 0.3) is 0 Å². The fraction of sp³-hybridized carbons (Fsp3) is 0.235. The molecule has 0 saturated carbocycles. The molecular formula is C17H16N2O. The molecule has 1 fully saturated rings. The largest absolute Gasteiger partial charge is 0.338 e. The Morgan fingerprint density at radius 1 is 0.900 bits per heavy atom. The Hall–Kier alpha value is -2.29. The smallest absolute Gasteiger partial charge is 0.227 e. The van der Waals surface area contributed by atoms with E-state index in [1.807, 2.05) is 23.1 Å². The summed E-state index contributed by atoms with van der Waals surface area (Å²) in [6.07, 6.45) is 1.62.